The van der Waals surface area contributed by atoms with E-state index < -0.39 is 10.6 Å². The van der Waals surface area contributed by atoms with Crippen LogP contribution in [0.3, 0.4) is 0 Å². The van der Waals surface area contributed by atoms with Gasteiger partial charge in [-0.1, -0.05) is 0 Å². The number of pyridine rings is 1. The summed E-state index contributed by atoms with van der Waals surface area (Å²) in [5, 5.41) is 9.19. The summed E-state index contributed by atoms with van der Waals surface area (Å²) in [7, 11) is 0. The van der Waals surface area contributed by atoms with E-state index in [0.717, 1.165) is 6.20 Å². The quantitative estimate of drug-likeness (QED) is 0.831. The standard InChI is InChI=1S/C13H14FN3OS/c1-19-13(9-15)2-4-17(5-3-13)12(18)10-6-11(14)8-16-7-10/h6-8H,2-5H2,1H3. The van der Waals surface area contributed by atoms with Crippen LogP contribution in [-0.2, 0) is 0 Å². The predicted octanol–water partition coefficient (Wildman–Crippen LogP) is 2.08. The van der Waals surface area contributed by atoms with Crippen molar-refractivity contribution in [3.8, 4) is 6.07 Å². The molecule has 2 rings (SSSR count). The number of rotatable bonds is 2. The molecule has 100 valence electrons. The Balaban J connectivity index is 2.06. The Morgan fingerprint density at radius 2 is 2.21 bits per heavy atom. The van der Waals surface area contributed by atoms with E-state index in [4.69, 9.17) is 0 Å². The Morgan fingerprint density at radius 1 is 1.53 bits per heavy atom. The summed E-state index contributed by atoms with van der Waals surface area (Å²) in [5.41, 5.74) is 0.258. The van der Waals surface area contributed by atoms with Crippen molar-refractivity contribution in [1.82, 2.24) is 9.88 Å². The smallest absolute Gasteiger partial charge is 0.255 e. The van der Waals surface area contributed by atoms with Gasteiger partial charge in [0.1, 0.15) is 10.6 Å². The first-order chi connectivity index (χ1) is 9.10. The van der Waals surface area contributed by atoms with Crippen molar-refractivity contribution in [1.29, 1.82) is 5.26 Å². The van der Waals surface area contributed by atoms with Crippen molar-refractivity contribution in [2.24, 2.45) is 0 Å². The summed E-state index contributed by atoms with van der Waals surface area (Å²) in [5.74, 6) is -0.738. The normalized spacial score (nSPS) is 17.8. The molecule has 0 spiro atoms. The Labute approximate surface area is 115 Å². The highest BCUT2D eigenvalue weighted by atomic mass is 32.2. The number of halogens is 1. The Hall–Kier alpha value is -1.61. The fourth-order valence-corrected chi connectivity index (χ4v) is 2.83. The van der Waals surface area contributed by atoms with Gasteiger partial charge >= 0.3 is 0 Å². The van der Waals surface area contributed by atoms with Gasteiger partial charge in [0.05, 0.1) is 17.8 Å². The lowest BCUT2D eigenvalue weighted by atomic mass is 9.97. The van der Waals surface area contributed by atoms with Gasteiger partial charge in [0, 0.05) is 19.3 Å². The summed E-state index contributed by atoms with van der Waals surface area (Å²) < 4.78 is 12.7. The highest BCUT2D eigenvalue weighted by Gasteiger charge is 2.35. The fraction of sp³-hybridized carbons (Fsp3) is 0.462. The van der Waals surface area contributed by atoms with Crippen LogP contribution >= 0.6 is 11.8 Å². The molecule has 0 saturated carbocycles. The van der Waals surface area contributed by atoms with Crippen molar-refractivity contribution in [3.05, 3.63) is 29.8 Å². The Morgan fingerprint density at radius 3 is 2.74 bits per heavy atom. The van der Waals surface area contributed by atoms with Crippen LogP contribution in [0.5, 0.6) is 0 Å². The highest BCUT2D eigenvalue weighted by Crippen LogP contribution is 2.34. The number of likely N-dealkylation sites (tertiary alicyclic amines) is 1. The molecule has 1 aliphatic heterocycles. The zero-order chi connectivity index (χ0) is 13.9. The SMILES string of the molecule is CSC1(C#N)CCN(C(=O)c2cncc(F)c2)CC1. The predicted molar refractivity (Wildman–Crippen MR) is 71.2 cm³/mol. The molecule has 0 bridgehead atoms. The maximum absolute atomic E-state index is 13.0. The van der Waals surface area contributed by atoms with Gasteiger partial charge in [0.2, 0.25) is 0 Å². The van der Waals surface area contributed by atoms with Gasteiger partial charge in [-0.3, -0.25) is 9.78 Å². The molecule has 6 heteroatoms. The van der Waals surface area contributed by atoms with E-state index >= 15 is 0 Å². The molecule has 0 aromatic carbocycles. The molecular formula is C13H14FN3OS. The molecule has 4 nitrogen and oxygen atoms in total. The number of aromatic nitrogens is 1. The zero-order valence-corrected chi connectivity index (χ0v) is 11.4. The molecule has 1 saturated heterocycles. The molecule has 0 aliphatic carbocycles. The summed E-state index contributed by atoms with van der Waals surface area (Å²) in [4.78, 5) is 17.5. The minimum absolute atomic E-state index is 0.223. The van der Waals surface area contributed by atoms with Gasteiger partial charge in [-0.15, -0.1) is 11.8 Å². The molecule has 1 fully saturated rings. The number of piperidine rings is 1. The molecule has 0 unspecified atom stereocenters. The average molecular weight is 279 g/mol. The lowest BCUT2D eigenvalue weighted by Crippen LogP contribution is -2.44. The fourth-order valence-electron chi connectivity index (χ4n) is 2.14. The lowest BCUT2D eigenvalue weighted by Gasteiger charge is -2.36. The summed E-state index contributed by atoms with van der Waals surface area (Å²) >= 11 is 1.53. The molecule has 1 amide bonds. The van der Waals surface area contributed by atoms with E-state index in [1.54, 1.807) is 4.90 Å². The van der Waals surface area contributed by atoms with Gasteiger partial charge in [0.15, 0.2) is 0 Å². The number of hydrogen-bond donors (Lipinski definition) is 0. The molecule has 0 N–H and O–H groups in total. The third-order valence-electron chi connectivity index (χ3n) is 3.40. The lowest BCUT2D eigenvalue weighted by molar-refractivity contribution is 0.0715. The highest BCUT2D eigenvalue weighted by molar-refractivity contribution is 8.00. The van der Waals surface area contributed by atoms with Crippen molar-refractivity contribution >= 4 is 17.7 Å². The second-order valence-electron chi connectivity index (χ2n) is 4.49. The van der Waals surface area contributed by atoms with Crippen LogP contribution in [0.15, 0.2) is 18.5 Å². The number of hydrogen-bond acceptors (Lipinski definition) is 4. The summed E-state index contributed by atoms with van der Waals surface area (Å²) in [6, 6.07) is 3.52. The van der Waals surface area contributed by atoms with Crippen molar-refractivity contribution < 1.29 is 9.18 Å². The minimum Gasteiger partial charge on any atom is -0.338 e. The molecule has 2 heterocycles. The monoisotopic (exact) mass is 279 g/mol. The number of nitriles is 1. The van der Waals surface area contributed by atoms with E-state index in [0.29, 0.717) is 25.9 Å². The maximum atomic E-state index is 13.0. The van der Waals surface area contributed by atoms with Gasteiger partial charge in [0.25, 0.3) is 5.91 Å². The first-order valence-electron chi connectivity index (χ1n) is 5.96. The second kappa shape index (κ2) is 5.57. The topological polar surface area (TPSA) is 57.0 Å². The average Bonchev–Trinajstić information content (AvgIpc) is 2.46. The van der Waals surface area contributed by atoms with Crippen LogP contribution < -0.4 is 0 Å². The minimum atomic E-state index is -0.515. The van der Waals surface area contributed by atoms with Gasteiger partial charge < -0.3 is 4.90 Å². The first-order valence-corrected chi connectivity index (χ1v) is 7.19. The second-order valence-corrected chi connectivity index (χ2v) is 5.68. The number of carbonyl (C=O) groups is 1. The third-order valence-corrected chi connectivity index (χ3v) is 4.69. The van der Waals surface area contributed by atoms with E-state index in [1.165, 1.54) is 24.0 Å². The molecule has 1 aromatic rings. The Kier molecular flexibility index (Phi) is 4.05. The van der Waals surface area contributed by atoms with Crippen LogP contribution in [0.4, 0.5) is 4.39 Å². The molecule has 0 atom stereocenters. The molecule has 0 radical (unpaired) electrons. The van der Waals surface area contributed by atoms with Crippen molar-refractivity contribution in [2.45, 2.75) is 17.6 Å². The van der Waals surface area contributed by atoms with Crippen LogP contribution in [0.1, 0.15) is 23.2 Å². The summed E-state index contributed by atoms with van der Waals surface area (Å²) in [6.45, 7) is 1.04. The molecule has 19 heavy (non-hydrogen) atoms. The zero-order valence-electron chi connectivity index (χ0n) is 10.6. The molecule has 1 aromatic heterocycles. The number of nitrogens with zero attached hydrogens (tertiary/aromatic N) is 3. The van der Waals surface area contributed by atoms with Crippen LogP contribution in [0.25, 0.3) is 0 Å². The van der Waals surface area contributed by atoms with Gasteiger partial charge in [-0.2, -0.15) is 5.26 Å². The van der Waals surface area contributed by atoms with Crippen LogP contribution in [-0.4, -0.2) is 39.9 Å². The van der Waals surface area contributed by atoms with E-state index in [1.807, 2.05) is 6.26 Å². The van der Waals surface area contributed by atoms with Crippen molar-refractivity contribution in [2.75, 3.05) is 19.3 Å². The Bertz CT molecular complexity index is 521. The number of carbonyl (C=O) groups excluding carboxylic acids is 1. The third kappa shape index (κ3) is 2.87. The van der Waals surface area contributed by atoms with Crippen LogP contribution in [0.2, 0.25) is 0 Å². The van der Waals surface area contributed by atoms with E-state index in [-0.39, 0.29) is 11.5 Å². The number of thioether (sulfide) groups is 1. The maximum Gasteiger partial charge on any atom is 0.255 e. The molecular weight excluding hydrogens is 265 g/mol. The van der Waals surface area contributed by atoms with Crippen molar-refractivity contribution in [3.63, 3.8) is 0 Å². The van der Waals surface area contributed by atoms with E-state index in [9.17, 15) is 14.4 Å². The number of amides is 1. The first kappa shape index (κ1) is 13.8. The summed E-state index contributed by atoms with van der Waals surface area (Å²) in [6.07, 6.45) is 5.63. The van der Waals surface area contributed by atoms with E-state index in [2.05, 4.69) is 11.1 Å². The molecule has 1 aliphatic rings. The largest absolute Gasteiger partial charge is 0.338 e. The van der Waals surface area contributed by atoms with Gasteiger partial charge in [-0.25, -0.2) is 4.39 Å². The van der Waals surface area contributed by atoms with Gasteiger partial charge in [-0.05, 0) is 25.2 Å². The van der Waals surface area contributed by atoms with Crippen LogP contribution in [0, 0.1) is 17.1 Å².